The summed E-state index contributed by atoms with van der Waals surface area (Å²) in [5, 5.41) is 0. The third-order valence-corrected chi connectivity index (χ3v) is 5.96. The summed E-state index contributed by atoms with van der Waals surface area (Å²) in [6.45, 7) is 3.53. The Morgan fingerprint density at radius 3 is 2.53 bits per heavy atom. The molecule has 1 unspecified atom stereocenters. The molecule has 2 aliphatic heterocycles. The number of piperidine rings is 1. The molecule has 0 radical (unpaired) electrons. The Bertz CT molecular complexity index is 380. The van der Waals surface area contributed by atoms with Gasteiger partial charge in [-0.2, -0.15) is 0 Å². The van der Waals surface area contributed by atoms with Crippen molar-refractivity contribution in [1.82, 2.24) is 9.21 Å². The Balaban J connectivity index is 1.86. The molecule has 0 bridgehead atoms. The zero-order valence-corrected chi connectivity index (χ0v) is 12.4. The van der Waals surface area contributed by atoms with Crippen LogP contribution in [0.2, 0.25) is 0 Å². The van der Waals surface area contributed by atoms with Crippen molar-refractivity contribution < 1.29 is 13.2 Å². The summed E-state index contributed by atoms with van der Waals surface area (Å²) in [4.78, 5) is 2.40. The Labute approximate surface area is 115 Å². The molecule has 0 aromatic rings. The van der Waals surface area contributed by atoms with Gasteiger partial charge in [0.1, 0.15) is 0 Å². The van der Waals surface area contributed by atoms with Crippen molar-refractivity contribution >= 4 is 10.0 Å². The minimum Gasteiger partial charge on any atom is -0.384 e. The summed E-state index contributed by atoms with van der Waals surface area (Å²) < 4.78 is 30.6. The van der Waals surface area contributed by atoms with Gasteiger partial charge in [0.05, 0.1) is 12.4 Å². The summed E-state index contributed by atoms with van der Waals surface area (Å²) in [5.74, 6) is 0.0844. The fourth-order valence-electron chi connectivity index (χ4n) is 2.86. The Morgan fingerprint density at radius 2 is 1.89 bits per heavy atom. The number of ether oxygens (including phenoxy) is 1. The molecule has 6 nitrogen and oxygen atoms in total. The second kappa shape index (κ2) is 6.49. The van der Waals surface area contributed by atoms with E-state index in [1.54, 1.807) is 4.31 Å². The molecule has 0 saturated carbocycles. The molecule has 0 aromatic heterocycles. The van der Waals surface area contributed by atoms with Crippen LogP contribution in [0.5, 0.6) is 0 Å². The number of nitrogens with zero attached hydrogens (tertiary/aromatic N) is 2. The van der Waals surface area contributed by atoms with Crippen molar-refractivity contribution in [3.8, 4) is 0 Å². The average Bonchev–Trinajstić information content (AvgIpc) is 2.88. The third-order valence-electron chi connectivity index (χ3n) is 4.16. The lowest BCUT2D eigenvalue weighted by molar-refractivity contribution is 0.158. The normalized spacial score (nSPS) is 28.0. The minimum absolute atomic E-state index is 0.0844. The van der Waals surface area contributed by atoms with Gasteiger partial charge in [-0.3, -0.25) is 4.90 Å². The maximum absolute atomic E-state index is 12.1. The van der Waals surface area contributed by atoms with E-state index in [9.17, 15) is 8.42 Å². The number of methoxy groups -OCH3 is 1. The van der Waals surface area contributed by atoms with Gasteiger partial charge in [-0.05, 0) is 32.4 Å². The van der Waals surface area contributed by atoms with Crippen LogP contribution in [-0.2, 0) is 14.8 Å². The van der Waals surface area contributed by atoms with Gasteiger partial charge in [0, 0.05) is 32.3 Å². The summed E-state index contributed by atoms with van der Waals surface area (Å²) in [6, 6.07) is 0.684. The Morgan fingerprint density at radius 1 is 1.21 bits per heavy atom. The van der Waals surface area contributed by atoms with Gasteiger partial charge in [-0.25, -0.2) is 12.7 Å². The fourth-order valence-corrected chi connectivity index (χ4v) is 4.28. The van der Waals surface area contributed by atoms with Crippen LogP contribution in [-0.4, -0.2) is 75.4 Å². The van der Waals surface area contributed by atoms with E-state index in [1.165, 1.54) is 7.11 Å². The fraction of sp³-hybridized carbons (Fsp3) is 1.00. The highest BCUT2D eigenvalue weighted by Gasteiger charge is 2.34. The molecule has 112 valence electrons. The maximum Gasteiger partial charge on any atom is 0.216 e. The number of likely N-dealkylation sites (tertiary alicyclic amines) is 1. The first-order valence-corrected chi connectivity index (χ1v) is 8.60. The van der Waals surface area contributed by atoms with Crippen LogP contribution >= 0.6 is 0 Å². The van der Waals surface area contributed by atoms with E-state index >= 15 is 0 Å². The van der Waals surface area contributed by atoms with E-state index in [-0.39, 0.29) is 12.4 Å². The molecule has 2 rings (SSSR count). The van der Waals surface area contributed by atoms with E-state index in [1.807, 2.05) is 0 Å². The molecule has 1 atom stereocenters. The smallest absolute Gasteiger partial charge is 0.216 e. The highest BCUT2D eigenvalue weighted by molar-refractivity contribution is 7.89. The SMILES string of the molecule is COCCS(=O)(=O)N1CCC(N2CCC(N)CC2)C1. The van der Waals surface area contributed by atoms with Gasteiger partial charge in [0.25, 0.3) is 0 Å². The summed E-state index contributed by atoms with van der Waals surface area (Å²) in [6.07, 6.45) is 2.97. The van der Waals surface area contributed by atoms with Crippen LogP contribution in [0.15, 0.2) is 0 Å². The predicted octanol–water partition coefficient (Wildman–Crippen LogP) is -0.540. The van der Waals surface area contributed by atoms with Crippen LogP contribution in [0.25, 0.3) is 0 Å². The summed E-state index contributed by atoms with van der Waals surface area (Å²) >= 11 is 0. The summed E-state index contributed by atoms with van der Waals surface area (Å²) in [5.41, 5.74) is 5.90. The zero-order chi connectivity index (χ0) is 13.9. The average molecular weight is 291 g/mol. The third kappa shape index (κ3) is 3.88. The van der Waals surface area contributed by atoms with Crippen LogP contribution < -0.4 is 5.73 Å². The van der Waals surface area contributed by atoms with Gasteiger partial charge in [0.2, 0.25) is 10.0 Å². The standard InChI is InChI=1S/C12H25N3O3S/c1-18-8-9-19(16,17)15-7-4-12(10-15)14-5-2-11(13)3-6-14/h11-12H,2-10,13H2,1H3. The lowest BCUT2D eigenvalue weighted by Gasteiger charge is -2.34. The van der Waals surface area contributed by atoms with Crippen molar-refractivity contribution in [2.24, 2.45) is 5.73 Å². The van der Waals surface area contributed by atoms with Crippen molar-refractivity contribution in [2.45, 2.75) is 31.3 Å². The molecule has 0 aromatic carbocycles. The second-order valence-corrected chi connectivity index (χ2v) is 7.57. The van der Waals surface area contributed by atoms with Crippen molar-refractivity contribution in [3.63, 3.8) is 0 Å². The number of nitrogens with two attached hydrogens (primary N) is 1. The maximum atomic E-state index is 12.1. The molecular formula is C12H25N3O3S. The highest BCUT2D eigenvalue weighted by Crippen LogP contribution is 2.22. The van der Waals surface area contributed by atoms with Crippen molar-refractivity contribution in [2.75, 3.05) is 45.6 Å². The Kier molecular flexibility index (Phi) is 5.19. The van der Waals surface area contributed by atoms with Crippen LogP contribution in [0.4, 0.5) is 0 Å². The van der Waals surface area contributed by atoms with Crippen LogP contribution in [0.3, 0.4) is 0 Å². The van der Waals surface area contributed by atoms with E-state index in [0.717, 1.165) is 32.4 Å². The molecule has 2 N–H and O–H groups in total. The lowest BCUT2D eigenvalue weighted by atomic mass is 10.0. The van der Waals surface area contributed by atoms with E-state index in [4.69, 9.17) is 10.5 Å². The molecule has 2 heterocycles. The molecular weight excluding hydrogens is 266 g/mol. The van der Waals surface area contributed by atoms with Gasteiger partial charge in [-0.1, -0.05) is 0 Å². The highest BCUT2D eigenvalue weighted by atomic mass is 32.2. The predicted molar refractivity (Wildman–Crippen MR) is 74.4 cm³/mol. The molecule has 0 aliphatic carbocycles. The molecule has 0 amide bonds. The van der Waals surface area contributed by atoms with Gasteiger partial charge >= 0.3 is 0 Å². The Hall–Kier alpha value is -0.210. The number of hydrogen-bond acceptors (Lipinski definition) is 5. The number of hydrogen-bond donors (Lipinski definition) is 1. The van der Waals surface area contributed by atoms with Gasteiger partial charge in [0.15, 0.2) is 0 Å². The molecule has 2 fully saturated rings. The molecule has 0 spiro atoms. The van der Waals surface area contributed by atoms with E-state index < -0.39 is 10.0 Å². The van der Waals surface area contributed by atoms with Crippen LogP contribution in [0.1, 0.15) is 19.3 Å². The first kappa shape index (κ1) is 15.2. The molecule has 7 heteroatoms. The largest absolute Gasteiger partial charge is 0.384 e. The quantitative estimate of drug-likeness (QED) is 0.736. The minimum atomic E-state index is -3.15. The first-order chi connectivity index (χ1) is 9.03. The monoisotopic (exact) mass is 291 g/mol. The van der Waals surface area contributed by atoms with E-state index in [2.05, 4.69) is 4.90 Å². The number of rotatable bonds is 5. The van der Waals surface area contributed by atoms with Crippen molar-refractivity contribution in [3.05, 3.63) is 0 Å². The topological polar surface area (TPSA) is 75.9 Å². The second-order valence-electron chi connectivity index (χ2n) is 5.48. The molecule has 2 aliphatic rings. The van der Waals surface area contributed by atoms with Crippen molar-refractivity contribution in [1.29, 1.82) is 0 Å². The van der Waals surface area contributed by atoms with Gasteiger partial charge in [-0.15, -0.1) is 0 Å². The number of sulfonamides is 1. The lowest BCUT2D eigenvalue weighted by Crippen LogP contribution is -2.46. The van der Waals surface area contributed by atoms with Gasteiger partial charge < -0.3 is 10.5 Å². The van der Waals surface area contributed by atoms with E-state index in [0.29, 0.717) is 25.2 Å². The molecule has 2 saturated heterocycles. The zero-order valence-electron chi connectivity index (χ0n) is 11.6. The summed E-state index contributed by atoms with van der Waals surface area (Å²) in [7, 11) is -1.62. The van der Waals surface area contributed by atoms with Crippen LogP contribution in [0, 0.1) is 0 Å². The molecule has 19 heavy (non-hydrogen) atoms. The first-order valence-electron chi connectivity index (χ1n) is 6.99.